The Morgan fingerprint density at radius 2 is 1.52 bits per heavy atom. The lowest BCUT2D eigenvalue weighted by atomic mass is 10.1. The van der Waals surface area contributed by atoms with Gasteiger partial charge in [-0.1, -0.05) is 55.0 Å². The number of anilines is 1. The number of nitrogens with zero attached hydrogens (tertiary/aromatic N) is 2. The second-order valence-electron chi connectivity index (χ2n) is 11.0. The fourth-order valence-electron chi connectivity index (χ4n) is 4.50. The van der Waals surface area contributed by atoms with Crippen LogP contribution in [-0.2, 0) is 26.2 Å². The van der Waals surface area contributed by atoms with Gasteiger partial charge in [0.2, 0.25) is 11.8 Å². The molecule has 1 N–H and O–H groups in total. The fourth-order valence-corrected chi connectivity index (χ4v) is 5.93. The lowest BCUT2D eigenvalue weighted by Gasteiger charge is -2.34. The van der Waals surface area contributed by atoms with Gasteiger partial charge in [-0.3, -0.25) is 13.9 Å². The number of aryl methyl sites for hydroxylation is 1. The monoisotopic (exact) mass is 595 g/mol. The van der Waals surface area contributed by atoms with Crippen LogP contribution in [-0.4, -0.2) is 57.5 Å². The smallest absolute Gasteiger partial charge is 0.264 e. The molecule has 0 unspecified atom stereocenters. The molecule has 0 fully saturated rings. The number of ether oxygens (including phenoxy) is 2. The molecule has 0 aliphatic rings. The number of methoxy groups -OCH3 is 2. The van der Waals surface area contributed by atoms with Crippen molar-refractivity contribution in [2.45, 2.75) is 64.1 Å². The van der Waals surface area contributed by atoms with E-state index >= 15 is 0 Å². The van der Waals surface area contributed by atoms with E-state index in [0.717, 1.165) is 15.4 Å². The summed E-state index contributed by atoms with van der Waals surface area (Å²) in [5.74, 6) is -0.207. The molecular formula is C32H41N3O6S. The topological polar surface area (TPSA) is 105 Å². The third kappa shape index (κ3) is 8.03. The molecule has 2 amide bonds. The van der Waals surface area contributed by atoms with Gasteiger partial charge in [-0.05, 0) is 63.9 Å². The van der Waals surface area contributed by atoms with Crippen LogP contribution in [0.25, 0.3) is 0 Å². The molecule has 0 heterocycles. The number of carbonyl (C=O) groups excluding carboxylic acids is 2. The molecule has 1 atom stereocenters. The standard InChI is InChI=1S/C32H41N3O6S/c1-8-27(31(37)33-32(3,4)5)34(21-24-12-10-9-11-13-24)30(36)22-35(25-16-14-23(2)15-17-25)42(38,39)26-18-19-28(40-6)29(20-26)41-7/h9-20,27H,8,21-22H2,1-7H3,(H,33,37)/t27-/m1/s1. The van der Waals surface area contributed by atoms with Crippen LogP contribution in [0.2, 0.25) is 0 Å². The quantitative estimate of drug-likeness (QED) is 0.318. The first-order valence-electron chi connectivity index (χ1n) is 13.8. The third-order valence-electron chi connectivity index (χ3n) is 6.62. The predicted molar refractivity (Wildman–Crippen MR) is 164 cm³/mol. The fraction of sp³-hybridized carbons (Fsp3) is 0.375. The van der Waals surface area contributed by atoms with Crippen molar-refractivity contribution in [2.24, 2.45) is 0 Å². The van der Waals surface area contributed by atoms with E-state index in [9.17, 15) is 18.0 Å². The van der Waals surface area contributed by atoms with E-state index in [-0.39, 0.29) is 23.1 Å². The van der Waals surface area contributed by atoms with Gasteiger partial charge in [-0.2, -0.15) is 0 Å². The van der Waals surface area contributed by atoms with Crippen LogP contribution in [0, 0.1) is 6.92 Å². The average molecular weight is 596 g/mol. The number of hydrogen-bond donors (Lipinski definition) is 1. The minimum absolute atomic E-state index is 0.0688. The van der Waals surface area contributed by atoms with Gasteiger partial charge in [0.25, 0.3) is 10.0 Å². The number of nitrogens with one attached hydrogen (secondary N) is 1. The summed E-state index contributed by atoms with van der Waals surface area (Å²) >= 11 is 0. The number of hydrogen-bond acceptors (Lipinski definition) is 6. The van der Waals surface area contributed by atoms with Gasteiger partial charge in [0.05, 0.1) is 24.8 Å². The Hall–Kier alpha value is -4.05. The van der Waals surface area contributed by atoms with E-state index in [0.29, 0.717) is 17.9 Å². The summed E-state index contributed by atoms with van der Waals surface area (Å²) in [6.07, 6.45) is 0.341. The molecule has 0 bridgehead atoms. The van der Waals surface area contributed by atoms with Gasteiger partial charge in [0, 0.05) is 18.2 Å². The van der Waals surface area contributed by atoms with Crippen molar-refractivity contribution in [3.63, 3.8) is 0 Å². The van der Waals surface area contributed by atoms with E-state index in [2.05, 4.69) is 5.32 Å². The van der Waals surface area contributed by atoms with Gasteiger partial charge in [0.15, 0.2) is 11.5 Å². The third-order valence-corrected chi connectivity index (χ3v) is 8.39. The molecule has 10 heteroatoms. The summed E-state index contributed by atoms with van der Waals surface area (Å²) in [6.45, 7) is 8.95. The zero-order valence-electron chi connectivity index (χ0n) is 25.4. The van der Waals surface area contributed by atoms with Crippen molar-refractivity contribution in [3.05, 3.63) is 83.9 Å². The van der Waals surface area contributed by atoms with Crippen molar-refractivity contribution in [3.8, 4) is 11.5 Å². The van der Waals surface area contributed by atoms with Crippen molar-refractivity contribution in [1.29, 1.82) is 0 Å². The van der Waals surface area contributed by atoms with Crippen LogP contribution in [0.4, 0.5) is 5.69 Å². The zero-order chi connectivity index (χ0) is 31.1. The summed E-state index contributed by atoms with van der Waals surface area (Å²) in [5.41, 5.74) is 1.55. The average Bonchev–Trinajstić information content (AvgIpc) is 2.95. The number of benzene rings is 3. The van der Waals surface area contributed by atoms with Crippen LogP contribution in [0.15, 0.2) is 77.7 Å². The molecule has 0 aliphatic heterocycles. The van der Waals surface area contributed by atoms with Crippen molar-refractivity contribution >= 4 is 27.5 Å². The van der Waals surface area contributed by atoms with Gasteiger partial charge in [-0.25, -0.2) is 8.42 Å². The Bertz CT molecular complexity index is 1470. The maximum atomic E-state index is 14.2. The molecule has 3 rings (SSSR count). The Morgan fingerprint density at radius 3 is 2.07 bits per heavy atom. The highest BCUT2D eigenvalue weighted by atomic mass is 32.2. The van der Waals surface area contributed by atoms with E-state index in [4.69, 9.17) is 9.47 Å². The SMILES string of the molecule is CC[C@H](C(=O)NC(C)(C)C)N(Cc1ccccc1)C(=O)CN(c1ccc(C)cc1)S(=O)(=O)c1ccc(OC)c(OC)c1. The van der Waals surface area contributed by atoms with Crippen LogP contribution in [0.3, 0.4) is 0 Å². The number of carbonyl (C=O) groups is 2. The van der Waals surface area contributed by atoms with E-state index in [1.165, 1.54) is 37.3 Å². The van der Waals surface area contributed by atoms with Gasteiger partial charge in [-0.15, -0.1) is 0 Å². The first-order valence-corrected chi connectivity index (χ1v) is 15.2. The molecule has 0 saturated heterocycles. The van der Waals surface area contributed by atoms with Crippen LogP contribution < -0.4 is 19.1 Å². The van der Waals surface area contributed by atoms with Gasteiger partial charge >= 0.3 is 0 Å². The lowest BCUT2D eigenvalue weighted by Crippen LogP contribution is -2.55. The minimum atomic E-state index is -4.26. The van der Waals surface area contributed by atoms with E-state index < -0.39 is 34.1 Å². The predicted octanol–water partition coefficient (Wildman–Crippen LogP) is 4.93. The van der Waals surface area contributed by atoms with Crippen LogP contribution in [0.5, 0.6) is 11.5 Å². The summed E-state index contributed by atoms with van der Waals surface area (Å²) in [5, 5.41) is 2.97. The zero-order valence-corrected chi connectivity index (χ0v) is 26.2. The first-order chi connectivity index (χ1) is 19.8. The summed E-state index contributed by atoms with van der Waals surface area (Å²) in [4.78, 5) is 29.0. The molecule has 9 nitrogen and oxygen atoms in total. The lowest BCUT2D eigenvalue weighted by molar-refractivity contribution is -0.141. The Labute approximate surface area is 249 Å². The Balaban J connectivity index is 2.09. The maximum Gasteiger partial charge on any atom is 0.264 e. The largest absolute Gasteiger partial charge is 0.493 e. The molecular weight excluding hydrogens is 554 g/mol. The van der Waals surface area contributed by atoms with Gasteiger partial charge in [0.1, 0.15) is 12.6 Å². The van der Waals surface area contributed by atoms with Crippen molar-refractivity contribution < 1.29 is 27.5 Å². The number of rotatable bonds is 12. The normalized spacial score (nSPS) is 12.3. The second-order valence-corrected chi connectivity index (χ2v) is 12.9. The number of amides is 2. The van der Waals surface area contributed by atoms with E-state index in [1.54, 1.807) is 24.3 Å². The summed E-state index contributed by atoms with van der Waals surface area (Å²) in [7, 11) is -1.37. The first kappa shape index (κ1) is 32.5. The molecule has 0 spiro atoms. The Morgan fingerprint density at radius 1 is 0.905 bits per heavy atom. The molecule has 0 radical (unpaired) electrons. The number of sulfonamides is 1. The molecule has 0 aromatic heterocycles. The van der Waals surface area contributed by atoms with Crippen LogP contribution >= 0.6 is 0 Å². The summed E-state index contributed by atoms with van der Waals surface area (Å²) in [6, 6.07) is 19.7. The second kappa shape index (κ2) is 13.7. The highest BCUT2D eigenvalue weighted by Crippen LogP contribution is 2.32. The molecule has 0 saturated carbocycles. The minimum Gasteiger partial charge on any atom is -0.493 e. The van der Waals surface area contributed by atoms with E-state index in [1.807, 2.05) is 65.0 Å². The van der Waals surface area contributed by atoms with Crippen molar-refractivity contribution in [1.82, 2.24) is 10.2 Å². The molecule has 42 heavy (non-hydrogen) atoms. The highest BCUT2D eigenvalue weighted by molar-refractivity contribution is 7.92. The molecule has 226 valence electrons. The Kier molecular flexibility index (Phi) is 10.6. The highest BCUT2D eigenvalue weighted by Gasteiger charge is 2.35. The molecule has 3 aromatic carbocycles. The van der Waals surface area contributed by atoms with Crippen LogP contribution in [0.1, 0.15) is 45.2 Å². The molecule has 3 aromatic rings. The van der Waals surface area contributed by atoms with Crippen molar-refractivity contribution in [2.75, 3.05) is 25.1 Å². The summed E-state index contributed by atoms with van der Waals surface area (Å²) < 4.78 is 40.0. The van der Waals surface area contributed by atoms with Gasteiger partial charge < -0.3 is 19.7 Å². The molecule has 0 aliphatic carbocycles. The maximum absolute atomic E-state index is 14.2.